The number of aliphatic hydroxyl groups is 1. The zero-order valence-electron chi connectivity index (χ0n) is 10.1. The van der Waals surface area contributed by atoms with Crippen LogP contribution in [-0.2, 0) is 11.2 Å². The maximum atomic E-state index is 12.1. The summed E-state index contributed by atoms with van der Waals surface area (Å²) in [6.45, 7) is 1.49. The van der Waals surface area contributed by atoms with Gasteiger partial charge in [-0.2, -0.15) is 0 Å². The molecule has 6 heteroatoms. The fourth-order valence-electron chi connectivity index (χ4n) is 3.11. The Bertz CT molecular complexity index is 462. The van der Waals surface area contributed by atoms with E-state index in [0.717, 1.165) is 25.1 Å². The number of nitrogen functional groups attached to an aromatic ring is 1. The van der Waals surface area contributed by atoms with Crippen molar-refractivity contribution in [3.63, 3.8) is 0 Å². The number of nitrogens with zero attached hydrogens (tertiary/aromatic N) is 2. The van der Waals surface area contributed by atoms with Crippen molar-refractivity contribution in [2.75, 3.05) is 18.8 Å². The molecule has 3 atom stereocenters. The summed E-state index contributed by atoms with van der Waals surface area (Å²) in [6.07, 6.45) is 2.03. The lowest BCUT2D eigenvalue weighted by atomic mass is 10.00. The lowest BCUT2D eigenvalue weighted by Crippen LogP contribution is -2.32. The van der Waals surface area contributed by atoms with Crippen LogP contribution in [0.4, 0.5) is 5.13 Å². The van der Waals surface area contributed by atoms with Crippen LogP contribution >= 0.6 is 11.3 Å². The maximum absolute atomic E-state index is 12.1. The van der Waals surface area contributed by atoms with Gasteiger partial charge in [-0.15, -0.1) is 11.3 Å². The van der Waals surface area contributed by atoms with Gasteiger partial charge in [-0.25, -0.2) is 4.98 Å². The molecule has 18 heavy (non-hydrogen) atoms. The zero-order chi connectivity index (χ0) is 12.7. The van der Waals surface area contributed by atoms with E-state index in [1.807, 2.05) is 10.3 Å². The minimum atomic E-state index is -0.220. The van der Waals surface area contributed by atoms with Crippen molar-refractivity contribution in [3.05, 3.63) is 11.1 Å². The number of nitrogens with two attached hydrogens (primary N) is 1. The second kappa shape index (κ2) is 4.51. The number of rotatable bonds is 2. The number of likely N-dealkylation sites (tertiary alicyclic amines) is 1. The average Bonchev–Trinajstić information content (AvgIpc) is 2.98. The normalized spacial score (nSPS) is 30.7. The molecule has 0 spiro atoms. The first kappa shape index (κ1) is 11.9. The third-order valence-corrected chi connectivity index (χ3v) is 4.80. The monoisotopic (exact) mass is 267 g/mol. The summed E-state index contributed by atoms with van der Waals surface area (Å²) in [5, 5.41) is 12.2. The van der Waals surface area contributed by atoms with E-state index in [4.69, 9.17) is 5.73 Å². The highest BCUT2D eigenvalue weighted by molar-refractivity contribution is 7.13. The molecule has 0 radical (unpaired) electrons. The van der Waals surface area contributed by atoms with Crippen molar-refractivity contribution in [2.45, 2.75) is 25.4 Å². The van der Waals surface area contributed by atoms with E-state index in [1.54, 1.807) is 0 Å². The van der Waals surface area contributed by atoms with Gasteiger partial charge in [-0.3, -0.25) is 4.79 Å². The smallest absolute Gasteiger partial charge is 0.228 e. The summed E-state index contributed by atoms with van der Waals surface area (Å²) >= 11 is 1.36. The van der Waals surface area contributed by atoms with E-state index in [2.05, 4.69) is 4.98 Å². The molecule has 3 unspecified atom stereocenters. The maximum Gasteiger partial charge on any atom is 0.228 e. The third kappa shape index (κ3) is 2.10. The van der Waals surface area contributed by atoms with Crippen LogP contribution in [-0.4, -0.2) is 40.1 Å². The lowest BCUT2D eigenvalue weighted by molar-refractivity contribution is -0.129. The Balaban J connectivity index is 1.61. The molecule has 1 aliphatic heterocycles. The Morgan fingerprint density at radius 1 is 1.56 bits per heavy atom. The van der Waals surface area contributed by atoms with E-state index in [1.165, 1.54) is 11.3 Å². The molecule has 0 bridgehead atoms. The van der Waals surface area contributed by atoms with E-state index in [0.29, 0.717) is 24.0 Å². The molecule has 0 aromatic carbocycles. The van der Waals surface area contributed by atoms with Crippen LogP contribution in [0.25, 0.3) is 0 Å². The van der Waals surface area contributed by atoms with Gasteiger partial charge in [0, 0.05) is 24.4 Å². The third-order valence-electron chi connectivity index (χ3n) is 4.07. The first-order chi connectivity index (χ1) is 8.63. The number of hydrogen-bond acceptors (Lipinski definition) is 5. The summed E-state index contributed by atoms with van der Waals surface area (Å²) < 4.78 is 0. The van der Waals surface area contributed by atoms with Crippen molar-refractivity contribution in [1.82, 2.24) is 9.88 Å². The predicted octanol–water partition coefficient (Wildman–Crippen LogP) is 0.497. The quantitative estimate of drug-likeness (QED) is 0.817. The molecular weight excluding hydrogens is 250 g/mol. The lowest BCUT2D eigenvalue weighted by Gasteiger charge is -2.17. The first-order valence-corrected chi connectivity index (χ1v) is 7.17. The summed E-state index contributed by atoms with van der Waals surface area (Å²) in [6, 6.07) is 0. The van der Waals surface area contributed by atoms with Crippen LogP contribution in [0, 0.1) is 11.8 Å². The number of amides is 1. The van der Waals surface area contributed by atoms with E-state index >= 15 is 0 Å². The van der Waals surface area contributed by atoms with Gasteiger partial charge < -0.3 is 15.7 Å². The Morgan fingerprint density at radius 2 is 2.39 bits per heavy atom. The number of thiazole rings is 1. The molecular formula is C12H17N3O2S. The average molecular weight is 267 g/mol. The minimum Gasteiger partial charge on any atom is -0.393 e. The Hall–Kier alpha value is -1.14. The molecule has 1 saturated heterocycles. The number of aromatic nitrogens is 1. The molecule has 1 aromatic rings. The highest BCUT2D eigenvalue weighted by Gasteiger charge is 2.43. The summed E-state index contributed by atoms with van der Waals surface area (Å²) in [4.78, 5) is 18.1. The van der Waals surface area contributed by atoms with Crippen LogP contribution < -0.4 is 5.73 Å². The van der Waals surface area contributed by atoms with Gasteiger partial charge in [0.15, 0.2) is 5.13 Å². The highest BCUT2D eigenvalue weighted by atomic mass is 32.1. The second-order valence-corrected chi connectivity index (χ2v) is 6.11. The molecule has 1 saturated carbocycles. The van der Waals surface area contributed by atoms with Crippen LogP contribution in [0.5, 0.6) is 0 Å². The molecule has 2 aliphatic rings. The van der Waals surface area contributed by atoms with Gasteiger partial charge in [0.05, 0.1) is 18.2 Å². The SMILES string of the molecule is Nc1nc(CC(=O)N2CC3CCC(O)C3C2)cs1. The Kier molecular flexibility index (Phi) is 2.99. The predicted molar refractivity (Wildman–Crippen MR) is 69.0 cm³/mol. The van der Waals surface area contributed by atoms with Gasteiger partial charge in [-0.05, 0) is 18.8 Å². The summed E-state index contributed by atoms with van der Waals surface area (Å²) in [5.74, 6) is 0.876. The van der Waals surface area contributed by atoms with Crippen molar-refractivity contribution in [2.24, 2.45) is 11.8 Å². The molecule has 98 valence electrons. The number of anilines is 1. The van der Waals surface area contributed by atoms with Crippen molar-refractivity contribution in [3.8, 4) is 0 Å². The molecule has 1 aliphatic carbocycles. The van der Waals surface area contributed by atoms with Crippen LogP contribution in [0.15, 0.2) is 5.38 Å². The first-order valence-electron chi connectivity index (χ1n) is 6.29. The van der Waals surface area contributed by atoms with Gasteiger partial charge in [0.2, 0.25) is 5.91 Å². The number of fused-ring (bicyclic) bond motifs is 1. The molecule has 1 amide bonds. The molecule has 2 heterocycles. The number of carbonyl (C=O) groups excluding carboxylic acids is 1. The fraction of sp³-hybridized carbons (Fsp3) is 0.667. The summed E-state index contributed by atoms with van der Waals surface area (Å²) in [7, 11) is 0. The van der Waals surface area contributed by atoms with Gasteiger partial charge >= 0.3 is 0 Å². The van der Waals surface area contributed by atoms with Crippen LogP contribution in [0.1, 0.15) is 18.5 Å². The van der Waals surface area contributed by atoms with Crippen molar-refractivity contribution in [1.29, 1.82) is 0 Å². The van der Waals surface area contributed by atoms with Crippen molar-refractivity contribution >= 4 is 22.4 Å². The molecule has 3 N–H and O–H groups in total. The van der Waals surface area contributed by atoms with Gasteiger partial charge in [0.1, 0.15) is 0 Å². The minimum absolute atomic E-state index is 0.0990. The van der Waals surface area contributed by atoms with Crippen molar-refractivity contribution < 1.29 is 9.90 Å². The standard InChI is InChI=1S/C12H17N3O2S/c13-12-14-8(6-18-12)3-11(17)15-4-7-1-2-10(16)9(7)5-15/h6-7,9-10,16H,1-5H2,(H2,13,14). The van der Waals surface area contributed by atoms with Crippen LogP contribution in [0.2, 0.25) is 0 Å². The largest absolute Gasteiger partial charge is 0.393 e. The summed E-state index contributed by atoms with van der Waals surface area (Å²) in [5.41, 5.74) is 6.30. The topological polar surface area (TPSA) is 79.5 Å². The number of aliphatic hydroxyl groups excluding tert-OH is 1. The Morgan fingerprint density at radius 3 is 3.06 bits per heavy atom. The molecule has 3 rings (SSSR count). The Labute approximate surface area is 110 Å². The van der Waals surface area contributed by atoms with Gasteiger partial charge in [0.25, 0.3) is 0 Å². The van der Waals surface area contributed by atoms with E-state index in [9.17, 15) is 9.90 Å². The molecule has 2 fully saturated rings. The molecule has 1 aromatic heterocycles. The van der Waals surface area contributed by atoms with Gasteiger partial charge in [-0.1, -0.05) is 0 Å². The van der Waals surface area contributed by atoms with E-state index in [-0.39, 0.29) is 17.9 Å². The molecule has 5 nitrogen and oxygen atoms in total. The zero-order valence-corrected chi connectivity index (χ0v) is 10.9. The highest BCUT2D eigenvalue weighted by Crippen LogP contribution is 2.38. The van der Waals surface area contributed by atoms with E-state index < -0.39 is 0 Å². The number of carbonyl (C=O) groups is 1. The fourth-order valence-corrected chi connectivity index (χ4v) is 3.67. The second-order valence-electron chi connectivity index (χ2n) is 5.22. The van der Waals surface area contributed by atoms with Crippen LogP contribution in [0.3, 0.4) is 0 Å². The number of hydrogen-bond donors (Lipinski definition) is 2.